The Morgan fingerprint density at radius 3 is 2.33 bits per heavy atom. The van der Waals surface area contributed by atoms with Crippen LogP contribution >= 0.6 is 0 Å². The highest BCUT2D eigenvalue weighted by Crippen LogP contribution is 2.15. The fourth-order valence-electron chi connectivity index (χ4n) is 1.99. The van der Waals surface area contributed by atoms with Crippen LogP contribution in [-0.4, -0.2) is 21.2 Å². The molecule has 0 radical (unpaired) electrons. The van der Waals surface area contributed by atoms with Crippen LogP contribution in [0.15, 0.2) is 29.2 Å². The molecule has 0 aliphatic carbocycles. The maximum Gasteiger partial charge on any atom is 0.297 e. The largest absolute Gasteiger partial charge is 0.297 e. The van der Waals surface area contributed by atoms with E-state index in [1.165, 1.54) is 12.1 Å². The van der Waals surface area contributed by atoms with Crippen molar-refractivity contribution in [2.45, 2.75) is 63.4 Å². The third-order valence-corrected chi connectivity index (χ3v) is 4.63. The van der Waals surface area contributed by atoms with Crippen LogP contribution in [0.2, 0.25) is 0 Å². The van der Waals surface area contributed by atoms with E-state index in [0.717, 1.165) is 37.7 Å². The molecule has 0 aliphatic rings. The van der Waals surface area contributed by atoms with E-state index in [9.17, 15) is 12.8 Å². The smallest absolute Gasteiger partial charge is 0.263 e. The number of halogens is 1. The van der Waals surface area contributed by atoms with Crippen molar-refractivity contribution in [3.8, 4) is 0 Å². The van der Waals surface area contributed by atoms with Crippen molar-refractivity contribution in [1.29, 1.82) is 0 Å². The molecule has 0 saturated heterocycles. The molecule has 0 bridgehead atoms. The topological polar surface area (TPSA) is 43.4 Å². The Morgan fingerprint density at radius 1 is 1.10 bits per heavy atom. The summed E-state index contributed by atoms with van der Waals surface area (Å²) in [5.74, 6) is 0. The second-order valence-corrected chi connectivity index (χ2v) is 6.97. The zero-order chi connectivity index (χ0) is 15.7. The van der Waals surface area contributed by atoms with Crippen LogP contribution in [0.4, 0.5) is 4.39 Å². The van der Waals surface area contributed by atoms with Crippen LogP contribution in [-0.2, 0) is 14.3 Å². The second kappa shape index (κ2) is 9.15. The number of aryl methyl sites for hydroxylation is 1. The van der Waals surface area contributed by atoms with E-state index in [2.05, 4.69) is 6.92 Å². The second-order valence-electron chi connectivity index (χ2n) is 5.35. The van der Waals surface area contributed by atoms with Gasteiger partial charge in [-0.3, -0.25) is 4.18 Å². The number of hydrogen-bond acceptors (Lipinski definition) is 3. The van der Waals surface area contributed by atoms with Gasteiger partial charge in [0.15, 0.2) is 0 Å². The molecule has 120 valence electrons. The minimum atomic E-state index is -3.85. The van der Waals surface area contributed by atoms with Crippen molar-refractivity contribution in [2.24, 2.45) is 0 Å². The minimum absolute atomic E-state index is 0.0724. The SMILES string of the molecule is CCCCCCCC(F)COS(=O)(=O)c1ccc(C)cc1. The summed E-state index contributed by atoms with van der Waals surface area (Å²) >= 11 is 0. The van der Waals surface area contributed by atoms with E-state index in [1.54, 1.807) is 12.1 Å². The van der Waals surface area contributed by atoms with Gasteiger partial charge in [0.2, 0.25) is 0 Å². The van der Waals surface area contributed by atoms with E-state index in [4.69, 9.17) is 4.18 Å². The quantitative estimate of drug-likeness (QED) is 0.475. The molecule has 0 heterocycles. The Hall–Kier alpha value is -0.940. The third-order valence-electron chi connectivity index (χ3n) is 3.33. The molecule has 0 aliphatic heterocycles. The average molecular weight is 316 g/mol. The molecule has 5 heteroatoms. The number of rotatable bonds is 10. The van der Waals surface area contributed by atoms with Gasteiger partial charge in [-0.1, -0.05) is 56.7 Å². The lowest BCUT2D eigenvalue weighted by molar-refractivity contribution is 0.188. The van der Waals surface area contributed by atoms with Gasteiger partial charge in [-0.25, -0.2) is 4.39 Å². The Morgan fingerprint density at radius 2 is 1.71 bits per heavy atom. The molecule has 3 nitrogen and oxygen atoms in total. The number of unbranched alkanes of at least 4 members (excludes halogenated alkanes) is 4. The zero-order valence-corrected chi connectivity index (χ0v) is 13.7. The normalized spacial score (nSPS) is 13.3. The van der Waals surface area contributed by atoms with Crippen LogP contribution in [0, 0.1) is 6.92 Å². The molecule has 0 spiro atoms. The number of benzene rings is 1. The van der Waals surface area contributed by atoms with Gasteiger partial charge >= 0.3 is 0 Å². The molecule has 1 aromatic rings. The van der Waals surface area contributed by atoms with Gasteiger partial charge < -0.3 is 0 Å². The first-order chi connectivity index (χ1) is 9.95. The summed E-state index contributed by atoms with van der Waals surface area (Å²) in [5, 5.41) is 0. The molecule has 0 fully saturated rings. The van der Waals surface area contributed by atoms with Crippen molar-refractivity contribution in [1.82, 2.24) is 0 Å². The molecule has 0 aromatic heterocycles. The average Bonchev–Trinajstić information content (AvgIpc) is 2.45. The Bertz CT molecular complexity index is 497. The van der Waals surface area contributed by atoms with Crippen molar-refractivity contribution in [3.63, 3.8) is 0 Å². The van der Waals surface area contributed by atoms with Crippen LogP contribution in [0.1, 0.15) is 51.0 Å². The fourth-order valence-corrected chi connectivity index (χ4v) is 2.92. The lowest BCUT2D eigenvalue weighted by Gasteiger charge is -2.09. The van der Waals surface area contributed by atoms with Crippen molar-refractivity contribution in [3.05, 3.63) is 29.8 Å². The Kier molecular flexibility index (Phi) is 7.89. The molecule has 0 amide bonds. The third kappa shape index (κ3) is 7.05. The molecule has 1 aromatic carbocycles. The van der Waals surface area contributed by atoms with Crippen molar-refractivity contribution >= 4 is 10.1 Å². The predicted octanol–water partition coefficient (Wildman–Crippen LogP) is 4.40. The van der Waals surface area contributed by atoms with Gasteiger partial charge in [0.1, 0.15) is 6.17 Å². The molecule has 21 heavy (non-hydrogen) atoms. The van der Waals surface area contributed by atoms with Crippen molar-refractivity contribution in [2.75, 3.05) is 6.61 Å². The lowest BCUT2D eigenvalue weighted by atomic mass is 10.1. The van der Waals surface area contributed by atoms with Crippen LogP contribution in [0.5, 0.6) is 0 Å². The summed E-state index contributed by atoms with van der Waals surface area (Å²) < 4.78 is 42.2. The first-order valence-electron chi connectivity index (χ1n) is 7.56. The summed E-state index contributed by atoms with van der Waals surface area (Å²) in [4.78, 5) is 0.0724. The van der Waals surface area contributed by atoms with Crippen LogP contribution < -0.4 is 0 Å². The number of alkyl halides is 1. The fraction of sp³-hybridized carbons (Fsp3) is 0.625. The molecule has 0 N–H and O–H groups in total. The van der Waals surface area contributed by atoms with E-state index in [1.807, 2.05) is 6.92 Å². The molecule has 1 unspecified atom stereocenters. The molecule has 1 rings (SSSR count). The zero-order valence-electron chi connectivity index (χ0n) is 12.8. The van der Waals surface area contributed by atoms with Crippen LogP contribution in [0.3, 0.4) is 0 Å². The van der Waals surface area contributed by atoms with Gasteiger partial charge in [-0.15, -0.1) is 0 Å². The molecular weight excluding hydrogens is 291 g/mol. The highest BCUT2D eigenvalue weighted by atomic mass is 32.2. The highest BCUT2D eigenvalue weighted by Gasteiger charge is 2.17. The van der Waals surface area contributed by atoms with Crippen molar-refractivity contribution < 1.29 is 17.0 Å². The Balaban J connectivity index is 2.34. The van der Waals surface area contributed by atoms with Gasteiger partial charge in [0, 0.05) is 0 Å². The monoisotopic (exact) mass is 316 g/mol. The standard InChI is InChI=1S/C16H25FO3S/c1-3-4-5-6-7-8-15(17)13-20-21(18,19)16-11-9-14(2)10-12-16/h9-12,15H,3-8,13H2,1-2H3. The van der Waals surface area contributed by atoms with E-state index in [0.29, 0.717) is 6.42 Å². The minimum Gasteiger partial charge on any atom is -0.263 e. The van der Waals surface area contributed by atoms with E-state index < -0.39 is 22.9 Å². The Labute approximate surface area is 127 Å². The van der Waals surface area contributed by atoms with Gasteiger partial charge in [0.25, 0.3) is 10.1 Å². The maximum atomic E-state index is 13.6. The van der Waals surface area contributed by atoms with E-state index >= 15 is 0 Å². The summed E-state index contributed by atoms with van der Waals surface area (Å²) in [6.07, 6.45) is 4.30. The summed E-state index contributed by atoms with van der Waals surface area (Å²) in [6.45, 7) is 3.60. The molecule has 1 atom stereocenters. The van der Waals surface area contributed by atoms with Gasteiger partial charge in [-0.2, -0.15) is 8.42 Å². The van der Waals surface area contributed by atoms with Crippen LogP contribution in [0.25, 0.3) is 0 Å². The van der Waals surface area contributed by atoms with Gasteiger partial charge in [-0.05, 0) is 25.5 Å². The summed E-state index contributed by atoms with van der Waals surface area (Å²) in [6, 6.07) is 6.33. The first-order valence-corrected chi connectivity index (χ1v) is 8.96. The maximum absolute atomic E-state index is 13.6. The van der Waals surface area contributed by atoms with Gasteiger partial charge in [0.05, 0.1) is 11.5 Å². The molecule has 0 saturated carbocycles. The lowest BCUT2D eigenvalue weighted by Crippen LogP contribution is -2.15. The summed E-state index contributed by atoms with van der Waals surface area (Å²) in [7, 11) is -3.85. The highest BCUT2D eigenvalue weighted by molar-refractivity contribution is 7.86. The predicted molar refractivity (Wildman–Crippen MR) is 82.6 cm³/mol. The number of hydrogen-bond donors (Lipinski definition) is 0. The molecular formula is C16H25FO3S. The van der Waals surface area contributed by atoms with E-state index in [-0.39, 0.29) is 4.90 Å². The summed E-state index contributed by atoms with van der Waals surface area (Å²) in [5.41, 5.74) is 0.962. The first kappa shape index (κ1) is 18.1.